The van der Waals surface area contributed by atoms with Gasteiger partial charge in [-0.05, 0) is 147 Å². The van der Waals surface area contributed by atoms with Crippen LogP contribution < -0.4 is 9.80 Å². The van der Waals surface area contributed by atoms with Crippen molar-refractivity contribution in [3.63, 3.8) is 0 Å². The summed E-state index contributed by atoms with van der Waals surface area (Å²) in [4.78, 5) is 6.41. The molecular weight excluding hydrogens is 829 g/mol. The van der Waals surface area contributed by atoms with E-state index in [0.29, 0.717) is 0 Å². The van der Waals surface area contributed by atoms with Crippen molar-refractivity contribution in [1.29, 1.82) is 0 Å². The lowest BCUT2D eigenvalue weighted by molar-refractivity contribution is 0.656. The number of benzene rings is 8. The molecule has 0 spiro atoms. The minimum absolute atomic E-state index is 0.0622. The summed E-state index contributed by atoms with van der Waals surface area (Å²) < 4.78 is 1.34. The van der Waals surface area contributed by atoms with Crippen LogP contribution in [0.1, 0.15) is 57.5 Å². The molecule has 1 aliphatic heterocycles. The summed E-state index contributed by atoms with van der Waals surface area (Å²) in [6, 6.07) is 77.1. The van der Waals surface area contributed by atoms with E-state index in [1.54, 1.807) is 0 Å². The average Bonchev–Trinajstić information content (AvgIpc) is 3.92. The molecule has 0 amide bonds. The summed E-state index contributed by atoms with van der Waals surface area (Å²) in [6.07, 6.45) is 15.6. The van der Waals surface area contributed by atoms with Gasteiger partial charge in [0.2, 0.25) is 0 Å². The van der Waals surface area contributed by atoms with E-state index < -0.39 is 5.41 Å². The van der Waals surface area contributed by atoms with Gasteiger partial charge in [0.05, 0.1) is 11.5 Å². The summed E-state index contributed by atoms with van der Waals surface area (Å²) in [5, 5.41) is 1.35. The van der Waals surface area contributed by atoms with Crippen molar-refractivity contribution >= 4 is 61.0 Å². The number of hydrogen-bond donors (Lipinski definition) is 0. The minimum atomic E-state index is -0.445. The summed E-state index contributed by atoms with van der Waals surface area (Å²) in [5.74, 6) is 0. The molecular formula is C64H48N2S. The van der Waals surface area contributed by atoms with Crippen LogP contribution in [-0.2, 0) is 11.8 Å². The maximum Gasteiger partial charge on any atom is 0.0692 e. The number of rotatable bonds is 8. The molecule has 1 aromatic heterocycles. The van der Waals surface area contributed by atoms with Crippen molar-refractivity contribution in [2.24, 2.45) is 0 Å². The van der Waals surface area contributed by atoms with Crippen molar-refractivity contribution in [2.45, 2.75) is 37.1 Å². The number of nitrogens with zero attached hydrogens (tertiary/aromatic N) is 2. The Bertz CT molecular complexity index is 3410. The molecule has 320 valence electrons. The Kier molecular flexibility index (Phi) is 9.65. The highest BCUT2D eigenvalue weighted by atomic mass is 32.1. The van der Waals surface area contributed by atoms with Crippen molar-refractivity contribution in [3.05, 3.63) is 280 Å². The monoisotopic (exact) mass is 876 g/mol. The fraction of sp³-hybridized carbons (Fsp3) is 0.0938. The van der Waals surface area contributed by atoms with Gasteiger partial charge in [0, 0.05) is 44.4 Å². The molecule has 1 atom stereocenters. The van der Waals surface area contributed by atoms with Gasteiger partial charge in [-0.15, -0.1) is 11.3 Å². The minimum Gasteiger partial charge on any atom is -0.334 e. The second-order valence-electron chi connectivity index (χ2n) is 18.2. The molecule has 0 bridgehead atoms. The third-order valence-electron chi connectivity index (χ3n) is 14.6. The fourth-order valence-corrected chi connectivity index (χ4v) is 12.9. The number of allylic oxidation sites excluding steroid dienone is 6. The molecule has 0 saturated heterocycles. The fourth-order valence-electron chi connectivity index (χ4n) is 11.6. The first-order valence-corrected chi connectivity index (χ1v) is 24.5. The third kappa shape index (κ3) is 6.52. The number of fused-ring (bicyclic) bond motifs is 6. The second kappa shape index (κ2) is 16.3. The zero-order chi connectivity index (χ0) is 44.3. The van der Waals surface area contributed by atoms with Gasteiger partial charge in [-0.2, -0.15) is 0 Å². The quantitative estimate of drug-likeness (QED) is 0.150. The van der Waals surface area contributed by atoms with E-state index in [-0.39, 0.29) is 6.04 Å². The van der Waals surface area contributed by atoms with E-state index in [4.69, 9.17) is 0 Å². The largest absolute Gasteiger partial charge is 0.334 e. The predicted octanol–water partition coefficient (Wildman–Crippen LogP) is 16.9. The Morgan fingerprint density at radius 2 is 1.19 bits per heavy atom. The molecule has 3 heteroatoms. The Morgan fingerprint density at radius 1 is 0.567 bits per heavy atom. The lowest BCUT2D eigenvalue weighted by Crippen LogP contribution is -2.36. The first-order chi connectivity index (χ1) is 33.2. The highest BCUT2D eigenvalue weighted by Crippen LogP contribution is 2.62. The van der Waals surface area contributed by atoms with Gasteiger partial charge >= 0.3 is 0 Å². The molecule has 4 aliphatic rings. The Morgan fingerprint density at radius 3 is 1.91 bits per heavy atom. The Labute approximate surface area is 397 Å². The lowest BCUT2D eigenvalue weighted by atomic mass is 9.64. The van der Waals surface area contributed by atoms with E-state index in [1.165, 1.54) is 105 Å². The van der Waals surface area contributed by atoms with Crippen LogP contribution in [0.2, 0.25) is 0 Å². The molecule has 0 fully saturated rings. The topological polar surface area (TPSA) is 6.48 Å². The van der Waals surface area contributed by atoms with Gasteiger partial charge < -0.3 is 9.80 Å². The SMILES string of the molecule is C1=CCCC(c2ccc(N(c3ccc(-c4ccc5c(c4)Cc4ccccc4N5c4ccccc4)cc3)C3C=CC4=C(C3)C(c3ccccc3)(c3ccccc3)c3c4sc4ccccc34)cc2)=C1. The molecule has 9 aromatic rings. The summed E-state index contributed by atoms with van der Waals surface area (Å²) >= 11 is 1.95. The van der Waals surface area contributed by atoms with E-state index in [1.807, 2.05) is 11.3 Å². The molecule has 13 rings (SSSR count). The maximum atomic E-state index is 2.59. The van der Waals surface area contributed by atoms with Crippen LogP contribution in [0.25, 0.3) is 32.4 Å². The van der Waals surface area contributed by atoms with Gasteiger partial charge in [-0.1, -0.05) is 176 Å². The Hall–Kier alpha value is -7.72. The molecule has 0 radical (unpaired) electrons. The van der Waals surface area contributed by atoms with Crippen molar-refractivity contribution in [3.8, 4) is 11.1 Å². The van der Waals surface area contributed by atoms with E-state index >= 15 is 0 Å². The normalized spacial score (nSPS) is 16.6. The van der Waals surface area contributed by atoms with Crippen LogP contribution in [0.15, 0.2) is 242 Å². The van der Waals surface area contributed by atoms with Crippen molar-refractivity contribution in [2.75, 3.05) is 9.80 Å². The second-order valence-corrected chi connectivity index (χ2v) is 19.3. The van der Waals surface area contributed by atoms with Gasteiger partial charge in [-0.25, -0.2) is 0 Å². The van der Waals surface area contributed by atoms with Crippen molar-refractivity contribution in [1.82, 2.24) is 0 Å². The molecule has 1 unspecified atom stereocenters. The average molecular weight is 877 g/mol. The third-order valence-corrected chi connectivity index (χ3v) is 15.8. The Balaban J connectivity index is 0.916. The van der Waals surface area contributed by atoms with Crippen LogP contribution in [0, 0.1) is 0 Å². The summed E-state index contributed by atoms with van der Waals surface area (Å²) in [7, 11) is 0. The summed E-state index contributed by atoms with van der Waals surface area (Å²) in [6.45, 7) is 0. The summed E-state index contributed by atoms with van der Waals surface area (Å²) in [5.41, 5.74) is 20.4. The molecule has 2 nitrogen and oxygen atoms in total. The van der Waals surface area contributed by atoms with Gasteiger partial charge in [0.1, 0.15) is 0 Å². The van der Waals surface area contributed by atoms with Crippen LogP contribution in [-0.4, -0.2) is 6.04 Å². The van der Waals surface area contributed by atoms with Crippen molar-refractivity contribution < 1.29 is 0 Å². The molecule has 8 aromatic carbocycles. The first kappa shape index (κ1) is 39.6. The van der Waals surface area contributed by atoms with E-state index in [2.05, 4.69) is 246 Å². The van der Waals surface area contributed by atoms with E-state index in [9.17, 15) is 0 Å². The molecule has 0 saturated carbocycles. The first-order valence-electron chi connectivity index (χ1n) is 23.7. The number of anilines is 5. The van der Waals surface area contributed by atoms with E-state index in [0.717, 1.165) is 25.7 Å². The smallest absolute Gasteiger partial charge is 0.0692 e. The lowest BCUT2D eigenvalue weighted by Gasteiger charge is -2.40. The van der Waals surface area contributed by atoms with Crippen LogP contribution in [0.3, 0.4) is 0 Å². The highest BCUT2D eigenvalue weighted by Gasteiger charge is 2.51. The zero-order valence-corrected chi connectivity index (χ0v) is 38.0. The van der Waals surface area contributed by atoms with Gasteiger partial charge in [0.15, 0.2) is 0 Å². The zero-order valence-electron chi connectivity index (χ0n) is 37.2. The van der Waals surface area contributed by atoms with Gasteiger partial charge in [-0.3, -0.25) is 0 Å². The number of hydrogen-bond acceptors (Lipinski definition) is 3. The predicted molar refractivity (Wildman–Crippen MR) is 283 cm³/mol. The van der Waals surface area contributed by atoms with Gasteiger partial charge in [0.25, 0.3) is 0 Å². The molecule has 2 heterocycles. The molecule has 3 aliphatic carbocycles. The maximum absolute atomic E-state index is 2.59. The molecule has 67 heavy (non-hydrogen) atoms. The van der Waals surface area contributed by atoms with Crippen LogP contribution in [0.4, 0.5) is 28.4 Å². The van der Waals surface area contributed by atoms with Crippen LogP contribution in [0.5, 0.6) is 0 Å². The number of para-hydroxylation sites is 2. The van der Waals surface area contributed by atoms with Crippen LogP contribution >= 0.6 is 11.3 Å². The highest BCUT2D eigenvalue weighted by molar-refractivity contribution is 7.20. The number of thiophene rings is 1. The standard InChI is InChI=1S/C64H48N2S/c1-5-17-44(18-6-1)45-29-34-53(35-30-45)65(54-36-31-46(32-37-54)47-33-40-60-49(41-47)42-48-19-13-15-27-59(48)66(60)52-24-11-4-12-25-52)55-38-39-56-58(43-55)64(50-20-7-2-8-21-50,51-22-9-3-10-23-51)62-57-26-14-16-28-61(57)67-63(56)62/h1-5,7-17,19-41,55H,6,18,42-43H2. The molecule has 0 N–H and O–H groups in total.